The fourth-order valence-corrected chi connectivity index (χ4v) is 4.29. The maximum Gasteiger partial charge on any atom is 0.253 e. The van der Waals surface area contributed by atoms with Gasteiger partial charge in [-0.2, -0.15) is 0 Å². The third kappa shape index (κ3) is 2.32. The van der Waals surface area contributed by atoms with E-state index in [0.29, 0.717) is 0 Å². The van der Waals surface area contributed by atoms with Gasteiger partial charge in [-0.1, -0.05) is 6.07 Å². The molecule has 1 aliphatic carbocycles. The highest BCUT2D eigenvalue weighted by Crippen LogP contribution is 2.45. The molecule has 2 aliphatic rings. The zero-order valence-corrected chi connectivity index (χ0v) is 15.0. The average molecular weight is 416 g/mol. The Labute approximate surface area is 140 Å². The third-order valence-corrected chi connectivity index (χ3v) is 5.66. The Morgan fingerprint density at radius 3 is 2.33 bits per heavy atom. The van der Waals surface area contributed by atoms with Crippen LogP contribution in [0.5, 0.6) is 0 Å². The summed E-state index contributed by atoms with van der Waals surface area (Å²) in [6.07, 6.45) is 1.98. The zero-order chi connectivity index (χ0) is 15.4. The summed E-state index contributed by atoms with van der Waals surface area (Å²) in [5.41, 5.74) is -0.0741. The normalized spacial score (nSPS) is 29.5. The Bertz CT molecular complexity index is 610. The molecule has 0 aromatic heterocycles. The monoisotopic (exact) mass is 414 g/mol. The van der Waals surface area contributed by atoms with Crippen LogP contribution in [0.4, 0.5) is 5.69 Å². The second-order valence-corrected chi connectivity index (χ2v) is 7.60. The van der Waals surface area contributed by atoms with Crippen LogP contribution in [0, 0.1) is 5.92 Å². The molecule has 112 valence electrons. The topological polar surface area (TPSA) is 49.4 Å². The molecule has 2 unspecified atom stereocenters. The number of para-hydroxylation sites is 1. The number of nitrogens with one attached hydrogen (secondary N) is 1. The molecule has 2 atom stereocenters. The molecule has 1 aromatic rings. The number of benzene rings is 1. The number of amides is 2. The molecule has 4 nitrogen and oxygen atoms in total. The molecule has 0 spiro atoms. The van der Waals surface area contributed by atoms with Crippen molar-refractivity contribution in [2.24, 2.45) is 5.92 Å². The van der Waals surface area contributed by atoms with Gasteiger partial charge in [0.05, 0.1) is 5.69 Å². The summed E-state index contributed by atoms with van der Waals surface area (Å²) in [4.78, 5) is 27.0. The SMILES string of the molecule is CC1C(=O)NC(C)(C2CC2)C(=O)N1c1c(Br)cccc1Br. The van der Waals surface area contributed by atoms with Crippen molar-refractivity contribution in [3.05, 3.63) is 27.1 Å². The molecule has 2 fully saturated rings. The molecular weight excluding hydrogens is 400 g/mol. The Hall–Kier alpha value is -0.880. The summed E-state index contributed by atoms with van der Waals surface area (Å²) >= 11 is 6.98. The van der Waals surface area contributed by atoms with Gasteiger partial charge in [0.25, 0.3) is 5.91 Å². The molecule has 1 heterocycles. The first-order valence-electron chi connectivity index (χ1n) is 6.96. The van der Waals surface area contributed by atoms with Crippen molar-refractivity contribution >= 4 is 49.4 Å². The standard InChI is InChI=1S/C15H16Br2N2O2/c1-8-13(20)18-15(2,9-6-7-9)14(21)19(8)12-10(16)4-3-5-11(12)17/h3-5,8-9H,6-7H2,1-2H3,(H,18,20). The number of rotatable bonds is 2. The van der Waals surface area contributed by atoms with Crippen molar-refractivity contribution in [3.63, 3.8) is 0 Å². The van der Waals surface area contributed by atoms with Crippen LogP contribution in [0.2, 0.25) is 0 Å². The van der Waals surface area contributed by atoms with Crippen LogP contribution in [0.15, 0.2) is 27.1 Å². The molecule has 1 saturated carbocycles. The lowest BCUT2D eigenvalue weighted by molar-refractivity contribution is -0.138. The minimum absolute atomic E-state index is 0.0373. The first kappa shape index (κ1) is 15.0. The van der Waals surface area contributed by atoms with Gasteiger partial charge in [-0.05, 0) is 76.6 Å². The quantitative estimate of drug-likeness (QED) is 0.805. The lowest BCUT2D eigenvalue weighted by Gasteiger charge is -2.44. The number of halogens is 2. The lowest BCUT2D eigenvalue weighted by atomic mass is 9.89. The number of carbonyl (C=O) groups excluding carboxylic acids is 2. The van der Waals surface area contributed by atoms with Crippen molar-refractivity contribution in [2.75, 3.05) is 4.90 Å². The van der Waals surface area contributed by atoms with Crippen molar-refractivity contribution in [1.29, 1.82) is 0 Å². The smallest absolute Gasteiger partial charge is 0.253 e. The second-order valence-electron chi connectivity index (χ2n) is 5.89. The molecule has 1 saturated heterocycles. The number of carbonyl (C=O) groups is 2. The van der Waals surface area contributed by atoms with Gasteiger partial charge in [-0.25, -0.2) is 0 Å². The molecule has 6 heteroatoms. The number of hydrogen-bond acceptors (Lipinski definition) is 2. The van der Waals surface area contributed by atoms with E-state index in [2.05, 4.69) is 37.2 Å². The molecule has 3 rings (SSSR count). The summed E-state index contributed by atoms with van der Waals surface area (Å²) in [6, 6.07) is 5.11. The second kappa shape index (κ2) is 5.09. The van der Waals surface area contributed by atoms with Crippen LogP contribution < -0.4 is 10.2 Å². The van der Waals surface area contributed by atoms with Crippen LogP contribution in [-0.2, 0) is 9.59 Å². The lowest BCUT2D eigenvalue weighted by Crippen LogP contribution is -2.70. The van der Waals surface area contributed by atoms with Crippen LogP contribution in [0.25, 0.3) is 0 Å². The summed E-state index contributed by atoms with van der Waals surface area (Å²) in [7, 11) is 0. The summed E-state index contributed by atoms with van der Waals surface area (Å²) < 4.78 is 1.59. The Balaban J connectivity index is 2.10. The van der Waals surface area contributed by atoms with Crippen LogP contribution >= 0.6 is 31.9 Å². The first-order valence-corrected chi connectivity index (χ1v) is 8.54. The van der Waals surface area contributed by atoms with Gasteiger partial charge in [0.1, 0.15) is 11.6 Å². The number of anilines is 1. The van der Waals surface area contributed by atoms with Crippen LogP contribution in [-0.4, -0.2) is 23.4 Å². The molecule has 1 aromatic carbocycles. The van der Waals surface area contributed by atoms with Crippen molar-refractivity contribution in [1.82, 2.24) is 5.32 Å². The number of piperazine rings is 1. The average Bonchev–Trinajstić information content (AvgIpc) is 3.24. The Morgan fingerprint density at radius 1 is 1.24 bits per heavy atom. The van der Waals surface area contributed by atoms with Gasteiger partial charge in [-0.3, -0.25) is 14.5 Å². The molecule has 1 N–H and O–H groups in total. The van der Waals surface area contributed by atoms with E-state index in [1.54, 1.807) is 11.8 Å². The van der Waals surface area contributed by atoms with E-state index in [4.69, 9.17) is 0 Å². The van der Waals surface area contributed by atoms with E-state index in [1.807, 2.05) is 25.1 Å². The van der Waals surface area contributed by atoms with Gasteiger partial charge in [0, 0.05) is 8.95 Å². The maximum absolute atomic E-state index is 13.1. The maximum atomic E-state index is 13.1. The van der Waals surface area contributed by atoms with Crippen molar-refractivity contribution < 1.29 is 9.59 Å². The van der Waals surface area contributed by atoms with E-state index < -0.39 is 11.6 Å². The highest BCUT2D eigenvalue weighted by molar-refractivity contribution is 9.11. The minimum atomic E-state index is -0.793. The van der Waals surface area contributed by atoms with Gasteiger partial charge >= 0.3 is 0 Å². The third-order valence-electron chi connectivity index (χ3n) is 4.38. The predicted molar refractivity (Wildman–Crippen MR) is 88.1 cm³/mol. The van der Waals surface area contributed by atoms with E-state index in [1.165, 1.54) is 0 Å². The van der Waals surface area contributed by atoms with Crippen molar-refractivity contribution in [3.8, 4) is 0 Å². The number of nitrogens with zero attached hydrogens (tertiary/aromatic N) is 1. The first-order chi connectivity index (χ1) is 9.86. The van der Waals surface area contributed by atoms with E-state index >= 15 is 0 Å². The fourth-order valence-electron chi connectivity index (χ4n) is 2.91. The molecule has 21 heavy (non-hydrogen) atoms. The van der Waals surface area contributed by atoms with Crippen LogP contribution in [0.1, 0.15) is 26.7 Å². The highest BCUT2D eigenvalue weighted by atomic mass is 79.9. The van der Waals surface area contributed by atoms with E-state index in [9.17, 15) is 9.59 Å². The largest absolute Gasteiger partial charge is 0.340 e. The summed E-state index contributed by atoms with van der Waals surface area (Å²) in [5, 5.41) is 2.93. The van der Waals surface area contributed by atoms with Crippen molar-refractivity contribution in [2.45, 2.75) is 38.3 Å². The Morgan fingerprint density at radius 2 is 1.81 bits per heavy atom. The van der Waals surface area contributed by atoms with Gasteiger partial charge < -0.3 is 5.32 Å². The van der Waals surface area contributed by atoms with Gasteiger partial charge in [0.15, 0.2) is 0 Å². The molecule has 2 amide bonds. The summed E-state index contributed by atoms with van der Waals surface area (Å²) in [5.74, 6) is 0.0987. The zero-order valence-electron chi connectivity index (χ0n) is 11.8. The summed E-state index contributed by atoms with van der Waals surface area (Å²) in [6.45, 7) is 3.60. The molecule has 0 radical (unpaired) electrons. The Kier molecular flexibility index (Phi) is 3.64. The van der Waals surface area contributed by atoms with Gasteiger partial charge in [0.2, 0.25) is 5.91 Å². The number of hydrogen-bond donors (Lipinski definition) is 1. The molecule has 1 aliphatic heterocycles. The van der Waals surface area contributed by atoms with Gasteiger partial charge in [-0.15, -0.1) is 0 Å². The fraction of sp³-hybridized carbons (Fsp3) is 0.467. The molecule has 0 bridgehead atoms. The highest BCUT2D eigenvalue weighted by Gasteiger charge is 2.55. The van der Waals surface area contributed by atoms with E-state index in [-0.39, 0.29) is 17.7 Å². The van der Waals surface area contributed by atoms with Crippen LogP contribution in [0.3, 0.4) is 0 Å². The van der Waals surface area contributed by atoms with E-state index in [0.717, 1.165) is 27.5 Å². The minimum Gasteiger partial charge on any atom is -0.340 e. The molecular formula is C15H16Br2N2O2. The predicted octanol–water partition coefficient (Wildman–Crippen LogP) is 3.23.